The molecule has 4 N–H and O–H groups in total. The van der Waals surface area contributed by atoms with E-state index in [4.69, 9.17) is 10.8 Å². The monoisotopic (exact) mass is 195 g/mol. The second kappa shape index (κ2) is 4.11. The zero-order valence-corrected chi connectivity index (χ0v) is 7.84. The number of aliphatic hydroxyl groups is 1. The third-order valence-electron chi connectivity index (χ3n) is 2.16. The summed E-state index contributed by atoms with van der Waals surface area (Å²) in [5.41, 5.74) is 6.83. The van der Waals surface area contributed by atoms with Crippen LogP contribution >= 0.6 is 0 Å². The maximum Gasteiger partial charge on any atom is 0.333 e. The summed E-state index contributed by atoms with van der Waals surface area (Å²) in [6.45, 7) is 1.65. The first kappa shape index (κ1) is 10.5. The lowest BCUT2D eigenvalue weighted by Crippen LogP contribution is -2.25. The van der Waals surface area contributed by atoms with Gasteiger partial charge in [-0.1, -0.05) is 19.1 Å². The van der Waals surface area contributed by atoms with Gasteiger partial charge in [-0.2, -0.15) is 0 Å². The second-order valence-electron chi connectivity index (χ2n) is 3.24. The number of hydrogen-bond donors (Lipinski definition) is 3. The molecule has 1 aromatic carbocycles. The molecule has 0 aliphatic heterocycles. The number of hydrogen-bond acceptors (Lipinski definition) is 3. The summed E-state index contributed by atoms with van der Waals surface area (Å²) in [4.78, 5) is 10.5. The quantitative estimate of drug-likeness (QED) is 0.623. The van der Waals surface area contributed by atoms with Crippen LogP contribution in [-0.4, -0.2) is 22.3 Å². The summed E-state index contributed by atoms with van der Waals surface area (Å²) in [7, 11) is 0. The van der Waals surface area contributed by atoms with Gasteiger partial charge in [0, 0.05) is 11.6 Å². The van der Waals surface area contributed by atoms with Crippen LogP contribution in [0.3, 0.4) is 0 Å². The summed E-state index contributed by atoms with van der Waals surface area (Å²) in [5.74, 6) is -1.68. The van der Waals surface area contributed by atoms with Gasteiger partial charge in [-0.3, -0.25) is 0 Å². The number of carboxylic acids is 1. The van der Waals surface area contributed by atoms with Crippen LogP contribution in [0.15, 0.2) is 24.3 Å². The average molecular weight is 195 g/mol. The zero-order chi connectivity index (χ0) is 10.7. The Morgan fingerprint density at radius 1 is 1.50 bits per heavy atom. The molecule has 2 unspecified atom stereocenters. The summed E-state index contributed by atoms with van der Waals surface area (Å²) in [5, 5.41) is 17.9. The standard InChI is InChI=1S/C10H13NO3/c1-6(9(12)10(13)14)7-3-2-4-8(11)5-7/h2-6,9,12H,11H2,1H3,(H,13,14). The van der Waals surface area contributed by atoms with E-state index in [9.17, 15) is 9.90 Å². The minimum absolute atomic E-state index is 0.462. The molecule has 0 aromatic heterocycles. The highest BCUT2D eigenvalue weighted by atomic mass is 16.4. The molecular formula is C10H13NO3. The summed E-state index contributed by atoms with van der Waals surface area (Å²) in [6.07, 6.45) is -1.39. The fourth-order valence-electron chi connectivity index (χ4n) is 1.24. The SMILES string of the molecule is CC(c1cccc(N)c1)C(O)C(=O)O. The number of nitrogens with two attached hydrogens (primary N) is 1. The largest absolute Gasteiger partial charge is 0.479 e. The van der Waals surface area contributed by atoms with Gasteiger partial charge in [0.15, 0.2) is 6.10 Å². The Hall–Kier alpha value is -1.55. The van der Waals surface area contributed by atoms with Gasteiger partial charge in [0.25, 0.3) is 0 Å². The van der Waals surface area contributed by atoms with E-state index in [1.54, 1.807) is 31.2 Å². The molecule has 0 bridgehead atoms. The van der Waals surface area contributed by atoms with Crippen molar-refractivity contribution in [2.24, 2.45) is 0 Å². The van der Waals surface area contributed by atoms with Crippen LogP contribution in [0.1, 0.15) is 18.4 Å². The van der Waals surface area contributed by atoms with Crippen molar-refractivity contribution >= 4 is 11.7 Å². The molecule has 0 fully saturated rings. The molecular weight excluding hydrogens is 182 g/mol. The number of aliphatic carboxylic acids is 1. The summed E-state index contributed by atoms with van der Waals surface area (Å²) < 4.78 is 0. The number of carbonyl (C=O) groups is 1. The first-order valence-corrected chi connectivity index (χ1v) is 4.28. The molecule has 0 spiro atoms. The minimum Gasteiger partial charge on any atom is -0.479 e. The van der Waals surface area contributed by atoms with Crippen molar-refractivity contribution in [1.29, 1.82) is 0 Å². The lowest BCUT2D eigenvalue weighted by atomic mass is 9.95. The lowest BCUT2D eigenvalue weighted by Gasteiger charge is -2.15. The summed E-state index contributed by atoms with van der Waals surface area (Å²) >= 11 is 0. The number of rotatable bonds is 3. The van der Waals surface area contributed by atoms with Crippen LogP contribution in [-0.2, 0) is 4.79 Å². The molecule has 1 aromatic rings. The number of benzene rings is 1. The highest BCUT2D eigenvalue weighted by Gasteiger charge is 2.22. The predicted molar refractivity (Wildman–Crippen MR) is 52.9 cm³/mol. The lowest BCUT2D eigenvalue weighted by molar-refractivity contribution is -0.147. The van der Waals surface area contributed by atoms with Crippen molar-refractivity contribution in [1.82, 2.24) is 0 Å². The molecule has 4 nitrogen and oxygen atoms in total. The van der Waals surface area contributed by atoms with Crippen molar-refractivity contribution in [3.8, 4) is 0 Å². The zero-order valence-electron chi connectivity index (χ0n) is 7.84. The minimum atomic E-state index is -1.39. The molecule has 0 heterocycles. The van der Waals surface area contributed by atoms with Crippen molar-refractivity contribution in [3.63, 3.8) is 0 Å². The van der Waals surface area contributed by atoms with Crippen molar-refractivity contribution < 1.29 is 15.0 Å². The maximum absolute atomic E-state index is 10.5. The fraction of sp³-hybridized carbons (Fsp3) is 0.300. The molecule has 0 saturated carbocycles. The Kier molecular flexibility index (Phi) is 3.09. The molecule has 4 heteroatoms. The molecule has 0 aliphatic carbocycles. The Labute approximate surface area is 82.0 Å². The van der Waals surface area contributed by atoms with Crippen LogP contribution in [0.4, 0.5) is 5.69 Å². The molecule has 14 heavy (non-hydrogen) atoms. The predicted octanol–water partition coefficient (Wildman–Crippen LogP) is 0.818. The van der Waals surface area contributed by atoms with Gasteiger partial charge in [0.05, 0.1) is 0 Å². The first-order valence-electron chi connectivity index (χ1n) is 4.28. The smallest absolute Gasteiger partial charge is 0.333 e. The Morgan fingerprint density at radius 2 is 2.14 bits per heavy atom. The van der Waals surface area contributed by atoms with Crippen molar-refractivity contribution in [2.45, 2.75) is 18.9 Å². The number of nitrogen functional groups attached to an aromatic ring is 1. The Bertz CT molecular complexity index is 338. The summed E-state index contributed by atoms with van der Waals surface area (Å²) in [6, 6.07) is 6.85. The molecule has 0 aliphatic rings. The van der Waals surface area contributed by atoms with Crippen molar-refractivity contribution in [3.05, 3.63) is 29.8 Å². The van der Waals surface area contributed by atoms with Gasteiger partial charge in [-0.25, -0.2) is 4.79 Å². The van der Waals surface area contributed by atoms with Gasteiger partial charge in [-0.05, 0) is 17.7 Å². The molecule has 76 valence electrons. The van der Waals surface area contributed by atoms with E-state index < -0.39 is 18.0 Å². The van der Waals surface area contributed by atoms with Crippen LogP contribution in [0.5, 0.6) is 0 Å². The van der Waals surface area contributed by atoms with Gasteiger partial charge >= 0.3 is 5.97 Å². The maximum atomic E-state index is 10.5. The third-order valence-corrected chi connectivity index (χ3v) is 2.16. The Morgan fingerprint density at radius 3 is 2.64 bits per heavy atom. The second-order valence-corrected chi connectivity index (χ2v) is 3.24. The third kappa shape index (κ3) is 2.23. The van der Waals surface area contributed by atoms with Gasteiger partial charge < -0.3 is 15.9 Å². The van der Waals surface area contributed by atoms with Crippen molar-refractivity contribution in [2.75, 3.05) is 5.73 Å². The topological polar surface area (TPSA) is 83.5 Å². The Balaban J connectivity index is 2.89. The molecule has 2 atom stereocenters. The van der Waals surface area contributed by atoms with E-state index in [1.165, 1.54) is 0 Å². The molecule has 0 radical (unpaired) electrons. The highest BCUT2D eigenvalue weighted by molar-refractivity contribution is 5.73. The van der Waals surface area contributed by atoms with E-state index in [0.29, 0.717) is 5.69 Å². The van der Waals surface area contributed by atoms with Crippen LogP contribution < -0.4 is 5.73 Å². The van der Waals surface area contributed by atoms with Crippen LogP contribution in [0, 0.1) is 0 Å². The van der Waals surface area contributed by atoms with E-state index in [2.05, 4.69) is 0 Å². The van der Waals surface area contributed by atoms with Crippen LogP contribution in [0.2, 0.25) is 0 Å². The molecule has 0 saturated heterocycles. The normalized spacial score (nSPS) is 14.7. The van der Waals surface area contributed by atoms with Gasteiger partial charge in [0.2, 0.25) is 0 Å². The number of aliphatic hydroxyl groups excluding tert-OH is 1. The number of carboxylic acid groups (broad SMARTS) is 1. The first-order chi connectivity index (χ1) is 6.52. The van der Waals surface area contributed by atoms with E-state index >= 15 is 0 Å². The van der Waals surface area contributed by atoms with E-state index in [-0.39, 0.29) is 0 Å². The van der Waals surface area contributed by atoms with E-state index in [0.717, 1.165) is 5.56 Å². The molecule has 1 rings (SSSR count). The fourth-order valence-corrected chi connectivity index (χ4v) is 1.24. The number of anilines is 1. The highest BCUT2D eigenvalue weighted by Crippen LogP contribution is 2.21. The van der Waals surface area contributed by atoms with Gasteiger partial charge in [-0.15, -0.1) is 0 Å². The van der Waals surface area contributed by atoms with Gasteiger partial charge in [0.1, 0.15) is 0 Å². The molecule has 0 amide bonds. The van der Waals surface area contributed by atoms with Crippen LogP contribution in [0.25, 0.3) is 0 Å². The average Bonchev–Trinajstić information content (AvgIpc) is 2.15. The van der Waals surface area contributed by atoms with E-state index in [1.807, 2.05) is 0 Å².